The smallest absolute Gasteiger partial charge is 0.254 e. The Balaban J connectivity index is 1.83. The third-order valence-corrected chi connectivity index (χ3v) is 6.32. The maximum absolute atomic E-state index is 13.5. The van der Waals surface area contributed by atoms with Crippen molar-refractivity contribution < 1.29 is 4.79 Å². The van der Waals surface area contributed by atoms with E-state index in [1.807, 2.05) is 30.3 Å². The molecule has 1 fully saturated rings. The van der Waals surface area contributed by atoms with Crippen LogP contribution in [-0.4, -0.2) is 28.4 Å². The summed E-state index contributed by atoms with van der Waals surface area (Å²) in [6.45, 7) is 5.14. The molecule has 1 unspecified atom stereocenters. The number of carbonyl (C=O) groups is 1. The Hall–Kier alpha value is -2.20. The van der Waals surface area contributed by atoms with Crippen LogP contribution in [0, 0.1) is 6.92 Å². The highest BCUT2D eigenvalue weighted by Gasteiger charge is 2.27. The molecule has 0 spiro atoms. The summed E-state index contributed by atoms with van der Waals surface area (Å²) in [6, 6.07) is 14.6. The average Bonchev–Trinajstić information content (AvgIpc) is 3.13. The predicted octanol–water partition coefficient (Wildman–Crippen LogP) is 5.68. The number of aromatic nitrogens is 1. The summed E-state index contributed by atoms with van der Waals surface area (Å²) in [6.07, 6.45) is 4.45. The van der Waals surface area contributed by atoms with Gasteiger partial charge in [0, 0.05) is 22.8 Å². The molecule has 1 aromatic carbocycles. The zero-order chi connectivity index (χ0) is 18.1. The number of nitrogens with zero attached hydrogens (tertiary/aromatic N) is 2. The monoisotopic (exact) mass is 364 g/mol. The molecule has 0 bridgehead atoms. The minimum atomic E-state index is 0.157. The Bertz CT molecular complexity index is 946. The zero-order valence-electron chi connectivity index (χ0n) is 15.4. The van der Waals surface area contributed by atoms with Gasteiger partial charge in [-0.25, -0.2) is 4.98 Å². The molecule has 3 heterocycles. The molecule has 0 radical (unpaired) electrons. The first-order valence-electron chi connectivity index (χ1n) is 9.45. The van der Waals surface area contributed by atoms with E-state index < -0.39 is 0 Å². The lowest BCUT2D eigenvalue weighted by Crippen LogP contribution is -2.43. The van der Waals surface area contributed by atoms with Crippen LogP contribution in [0.3, 0.4) is 0 Å². The van der Waals surface area contributed by atoms with Crippen molar-refractivity contribution in [2.75, 3.05) is 6.54 Å². The molecule has 3 nitrogen and oxygen atoms in total. The molecule has 3 aromatic rings. The van der Waals surface area contributed by atoms with Gasteiger partial charge >= 0.3 is 0 Å². The van der Waals surface area contributed by atoms with Crippen molar-refractivity contribution in [2.24, 2.45) is 0 Å². The van der Waals surface area contributed by atoms with Crippen LogP contribution in [0.1, 0.15) is 47.8 Å². The molecular weight excluding hydrogens is 340 g/mol. The first kappa shape index (κ1) is 17.2. The number of likely N-dealkylation sites (tertiary alicyclic amines) is 1. The van der Waals surface area contributed by atoms with Gasteiger partial charge in [-0.15, -0.1) is 11.3 Å². The van der Waals surface area contributed by atoms with Crippen LogP contribution in [-0.2, 0) is 0 Å². The fourth-order valence-electron chi connectivity index (χ4n) is 3.90. The lowest BCUT2D eigenvalue weighted by atomic mass is 9.97. The van der Waals surface area contributed by atoms with Gasteiger partial charge in [-0.2, -0.15) is 0 Å². The number of fused-ring (bicyclic) bond motifs is 1. The lowest BCUT2D eigenvalue weighted by Gasteiger charge is -2.35. The van der Waals surface area contributed by atoms with Gasteiger partial charge in [0.05, 0.1) is 21.7 Å². The minimum absolute atomic E-state index is 0.157. The van der Waals surface area contributed by atoms with Crippen LogP contribution in [0.2, 0.25) is 0 Å². The van der Waals surface area contributed by atoms with E-state index in [4.69, 9.17) is 4.98 Å². The van der Waals surface area contributed by atoms with Gasteiger partial charge in [-0.1, -0.05) is 25.1 Å². The topological polar surface area (TPSA) is 33.2 Å². The molecule has 1 saturated heterocycles. The number of amides is 1. The third kappa shape index (κ3) is 3.14. The summed E-state index contributed by atoms with van der Waals surface area (Å²) in [5.74, 6) is 0.157. The van der Waals surface area contributed by atoms with Gasteiger partial charge < -0.3 is 4.90 Å². The second kappa shape index (κ2) is 7.20. The molecule has 1 aliphatic heterocycles. The summed E-state index contributed by atoms with van der Waals surface area (Å²) in [4.78, 5) is 22.8. The van der Waals surface area contributed by atoms with Crippen LogP contribution >= 0.6 is 11.3 Å². The second-order valence-corrected chi connectivity index (χ2v) is 8.33. The first-order valence-corrected chi connectivity index (χ1v) is 10.3. The lowest BCUT2D eigenvalue weighted by molar-refractivity contribution is 0.0610. The van der Waals surface area contributed by atoms with Crippen molar-refractivity contribution in [3.8, 4) is 10.6 Å². The number of rotatable bonds is 3. The van der Waals surface area contributed by atoms with Crippen molar-refractivity contribution >= 4 is 28.1 Å². The molecule has 1 atom stereocenters. The van der Waals surface area contributed by atoms with Gasteiger partial charge in [0.2, 0.25) is 0 Å². The highest BCUT2D eigenvalue weighted by molar-refractivity contribution is 7.15. The maximum atomic E-state index is 13.5. The molecule has 0 aliphatic carbocycles. The maximum Gasteiger partial charge on any atom is 0.254 e. The first-order chi connectivity index (χ1) is 12.7. The van der Waals surface area contributed by atoms with Gasteiger partial charge in [0.15, 0.2) is 0 Å². The summed E-state index contributed by atoms with van der Waals surface area (Å²) in [7, 11) is 0. The number of aryl methyl sites for hydroxylation is 1. The number of benzene rings is 1. The van der Waals surface area contributed by atoms with Crippen molar-refractivity contribution in [1.29, 1.82) is 0 Å². The largest absolute Gasteiger partial charge is 0.336 e. The highest BCUT2D eigenvalue weighted by atomic mass is 32.1. The van der Waals surface area contributed by atoms with Crippen LogP contribution in [0.5, 0.6) is 0 Å². The van der Waals surface area contributed by atoms with Crippen LogP contribution in [0.4, 0.5) is 0 Å². The standard InChI is InChI=1S/C22H24N2OS/c1-3-16-8-6-7-13-24(16)22(25)18-14-20(21-12-11-15(2)26-21)23-19-10-5-4-9-17(18)19/h4-5,9-12,14,16H,3,6-8,13H2,1-2H3. The number of hydrogen-bond donors (Lipinski definition) is 0. The summed E-state index contributed by atoms with van der Waals surface area (Å²) >= 11 is 1.72. The fraction of sp³-hybridized carbons (Fsp3) is 0.364. The van der Waals surface area contributed by atoms with Crippen molar-refractivity contribution in [3.05, 3.63) is 52.9 Å². The predicted molar refractivity (Wildman–Crippen MR) is 109 cm³/mol. The van der Waals surface area contributed by atoms with E-state index in [2.05, 4.69) is 30.9 Å². The molecular formula is C22H24N2OS. The normalized spacial score (nSPS) is 17.6. The Morgan fingerprint density at radius 2 is 2.08 bits per heavy atom. The Morgan fingerprint density at radius 1 is 1.23 bits per heavy atom. The zero-order valence-corrected chi connectivity index (χ0v) is 16.2. The second-order valence-electron chi connectivity index (χ2n) is 7.04. The van der Waals surface area contributed by atoms with Gasteiger partial charge in [0.1, 0.15) is 0 Å². The number of pyridine rings is 1. The number of hydrogen-bond acceptors (Lipinski definition) is 3. The van der Waals surface area contributed by atoms with E-state index in [1.165, 1.54) is 11.3 Å². The van der Waals surface area contributed by atoms with E-state index in [0.717, 1.165) is 52.8 Å². The molecule has 4 heteroatoms. The Kier molecular flexibility index (Phi) is 4.77. The van der Waals surface area contributed by atoms with Gasteiger partial charge in [-0.05, 0) is 56.9 Å². The van der Waals surface area contributed by atoms with E-state index in [9.17, 15) is 4.79 Å². The quantitative estimate of drug-likeness (QED) is 0.599. The molecule has 1 aliphatic rings. The van der Waals surface area contributed by atoms with E-state index >= 15 is 0 Å². The summed E-state index contributed by atoms with van der Waals surface area (Å²) < 4.78 is 0. The molecule has 0 N–H and O–H groups in total. The minimum Gasteiger partial charge on any atom is -0.336 e. The van der Waals surface area contributed by atoms with Crippen LogP contribution < -0.4 is 0 Å². The SMILES string of the molecule is CCC1CCCCN1C(=O)c1cc(-c2ccc(C)s2)nc2ccccc12. The van der Waals surface area contributed by atoms with Gasteiger partial charge in [0.25, 0.3) is 5.91 Å². The van der Waals surface area contributed by atoms with Crippen molar-refractivity contribution in [3.63, 3.8) is 0 Å². The molecule has 134 valence electrons. The fourth-order valence-corrected chi connectivity index (χ4v) is 4.73. The number of thiophene rings is 1. The molecule has 0 saturated carbocycles. The van der Waals surface area contributed by atoms with E-state index in [-0.39, 0.29) is 5.91 Å². The number of carbonyl (C=O) groups excluding carboxylic acids is 1. The number of para-hydroxylation sites is 1. The van der Waals surface area contributed by atoms with Crippen LogP contribution in [0.25, 0.3) is 21.5 Å². The summed E-state index contributed by atoms with van der Waals surface area (Å²) in [5.41, 5.74) is 2.58. The Labute approximate surface area is 158 Å². The molecule has 26 heavy (non-hydrogen) atoms. The number of piperidine rings is 1. The molecule has 1 amide bonds. The van der Waals surface area contributed by atoms with Crippen molar-refractivity contribution in [1.82, 2.24) is 9.88 Å². The van der Waals surface area contributed by atoms with Gasteiger partial charge in [-0.3, -0.25) is 4.79 Å². The third-order valence-electron chi connectivity index (χ3n) is 5.30. The van der Waals surface area contributed by atoms with E-state index in [1.54, 1.807) is 11.3 Å². The molecule has 2 aromatic heterocycles. The summed E-state index contributed by atoms with van der Waals surface area (Å²) in [5, 5.41) is 0.954. The Morgan fingerprint density at radius 3 is 2.85 bits per heavy atom. The van der Waals surface area contributed by atoms with Crippen molar-refractivity contribution in [2.45, 2.75) is 45.6 Å². The van der Waals surface area contributed by atoms with E-state index in [0.29, 0.717) is 6.04 Å². The molecule has 4 rings (SSSR count). The van der Waals surface area contributed by atoms with Crippen LogP contribution in [0.15, 0.2) is 42.5 Å². The highest BCUT2D eigenvalue weighted by Crippen LogP contribution is 2.31. The average molecular weight is 365 g/mol.